The Balaban J connectivity index is 1.67. The number of carbonyl (C=O) groups excluding carboxylic acids is 2. The van der Waals surface area contributed by atoms with Crippen LogP contribution in [0.3, 0.4) is 0 Å². The van der Waals surface area contributed by atoms with E-state index in [9.17, 15) is 9.59 Å². The lowest BCUT2D eigenvalue weighted by Crippen LogP contribution is -2.34. The van der Waals surface area contributed by atoms with Crippen molar-refractivity contribution in [2.24, 2.45) is 5.92 Å². The summed E-state index contributed by atoms with van der Waals surface area (Å²) < 4.78 is 5.11. The van der Waals surface area contributed by atoms with E-state index >= 15 is 0 Å². The van der Waals surface area contributed by atoms with Crippen LogP contribution in [0.25, 0.3) is 0 Å². The topological polar surface area (TPSA) is 96.1 Å². The number of anilines is 1. The molecule has 7 nitrogen and oxygen atoms in total. The molecule has 1 aliphatic carbocycles. The minimum Gasteiger partial charge on any atom is -0.444 e. The molecule has 140 valence electrons. The van der Waals surface area contributed by atoms with Crippen LogP contribution in [-0.2, 0) is 16.0 Å². The van der Waals surface area contributed by atoms with Crippen LogP contribution in [0.5, 0.6) is 0 Å². The minimum atomic E-state index is -0.546. The summed E-state index contributed by atoms with van der Waals surface area (Å²) >= 11 is 0. The van der Waals surface area contributed by atoms with E-state index in [1.807, 2.05) is 6.07 Å². The van der Waals surface area contributed by atoms with Gasteiger partial charge < -0.3 is 15.4 Å². The summed E-state index contributed by atoms with van der Waals surface area (Å²) in [5.41, 5.74) is 0.518. The summed E-state index contributed by atoms with van der Waals surface area (Å²) in [5.74, 6) is 1.07. The van der Waals surface area contributed by atoms with E-state index in [4.69, 9.17) is 4.74 Å². The average Bonchev–Trinajstić information content (AvgIpc) is 2.93. The van der Waals surface area contributed by atoms with Gasteiger partial charge in [0.2, 0.25) is 5.91 Å². The van der Waals surface area contributed by atoms with Gasteiger partial charge >= 0.3 is 6.09 Å². The van der Waals surface area contributed by atoms with Crippen LogP contribution >= 0.6 is 0 Å². The first kappa shape index (κ1) is 19.3. The van der Waals surface area contributed by atoms with Gasteiger partial charge in [-0.2, -0.15) is 5.10 Å². The number of carbonyl (C=O) groups is 2. The molecule has 1 aromatic rings. The summed E-state index contributed by atoms with van der Waals surface area (Å²) in [7, 11) is 0. The van der Waals surface area contributed by atoms with Crippen LogP contribution in [0.1, 0.15) is 65.0 Å². The number of hydrogen-bond donors (Lipinski definition) is 3. The Bertz CT molecular complexity index is 571. The molecule has 1 heterocycles. The summed E-state index contributed by atoms with van der Waals surface area (Å²) in [6.45, 7) is 5.60. The fourth-order valence-electron chi connectivity index (χ4n) is 3.03. The molecular weight excluding hydrogens is 320 g/mol. The number of rotatable bonds is 6. The number of aromatic nitrogens is 2. The smallest absolute Gasteiger partial charge is 0.407 e. The SMILES string of the molecule is CC(C)(C)OC(=O)NCCC(=O)Nc1cc(CC2CCCCC2)[nH]n1. The molecule has 3 N–H and O–H groups in total. The van der Waals surface area contributed by atoms with Crippen LogP contribution < -0.4 is 10.6 Å². The Morgan fingerprint density at radius 2 is 2.00 bits per heavy atom. The largest absolute Gasteiger partial charge is 0.444 e. The molecule has 1 aliphatic rings. The molecule has 0 radical (unpaired) electrons. The van der Waals surface area contributed by atoms with Gasteiger partial charge in [-0.05, 0) is 33.1 Å². The molecule has 25 heavy (non-hydrogen) atoms. The lowest BCUT2D eigenvalue weighted by atomic mass is 9.86. The zero-order valence-corrected chi connectivity index (χ0v) is 15.5. The molecule has 0 aliphatic heterocycles. The number of aromatic amines is 1. The number of H-pyrrole nitrogens is 1. The van der Waals surface area contributed by atoms with Crippen molar-refractivity contribution in [2.45, 2.75) is 71.3 Å². The lowest BCUT2D eigenvalue weighted by molar-refractivity contribution is -0.116. The first-order valence-corrected chi connectivity index (χ1v) is 9.13. The van der Waals surface area contributed by atoms with Crippen LogP contribution in [0.4, 0.5) is 10.6 Å². The van der Waals surface area contributed by atoms with Gasteiger partial charge in [-0.15, -0.1) is 0 Å². The number of nitrogens with zero attached hydrogens (tertiary/aromatic N) is 1. The number of ether oxygens (including phenoxy) is 1. The van der Waals surface area contributed by atoms with E-state index in [2.05, 4.69) is 20.8 Å². The highest BCUT2D eigenvalue weighted by molar-refractivity contribution is 5.90. The Morgan fingerprint density at radius 1 is 1.28 bits per heavy atom. The van der Waals surface area contributed by atoms with Crippen molar-refractivity contribution in [3.8, 4) is 0 Å². The van der Waals surface area contributed by atoms with Crippen LogP contribution in [0.15, 0.2) is 6.07 Å². The van der Waals surface area contributed by atoms with Crippen molar-refractivity contribution in [1.82, 2.24) is 15.5 Å². The lowest BCUT2D eigenvalue weighted by Gasteiger charge is -2.20. The molecule has 0 spiro atoms. The van der Waals surface area contributed by atoms with Gasteiger partial charge in [-0.3, -0.25) is 9.89 Å². The highest BCUT2D eigenvalue weighted by atomic mass is 16.6. The van der Waals surface area contributed by atoms with Crippen molar-refractivity contribution in [1.29, 1.82) is 0 Å². The fourth-order valence-corrected chi connectivity index (χ4v) is 3.03. The van der Waals surface area contributed by atoms with Crippen molar-refractivity contribution in [3.05, 3.63) is 11.8 Å². The number of amides is 2. The third kappa shape index (κ3) is 7.58. The molecule has 0 saturated heterocycles. The van der Waals surface area contributed by atoms with Crippen molar-refractivity contribution in [3.63, 3.8) is 0 Å². The Labute approximate surface area is 149 Å². The van der Waals surface area contributed by atoms with E-state index in [0.29, 0.717) is 5.82 Å². The van der Waals surface area contributed by atoms with Gasteiger partial charge in [-0.25, -0.2) is 4.79 Å². The molecule has 0 aromatic carbocycles. The first-order chi connectivity index (χ1) is 11.8. The second kappa shape index (κ2) is 8.87. The predicted molar refractivity (Wildman–Crippen MR) is 96.4 cm³/mol. The van der Waals surface area contributed by atoms with Crippen molar-refractivity contribution in [2.75, 3.05) is 11.9 Å². The molecule has 1 saturated carbocycles. The third-order valence-electron chi connectivity index (χ3n) is 4.15. The molecule has 2 amide bonds. The zero-order chi connectivity index (χ0) is 18.3. The quantitative estimate of drug-likeness (QED) is 0.733. The second-order valence-corrected chi connectivity index (χ2v) is 7.71. The molecule has 2 rings (SSSR count). The van der Waals surface area contributed by atoms with Crippen molar-refractivity contribution < 1.29 is 14.3 Å². The predicted octanol–water partition coefficient (Wildman–Crippen LogP) is 3.39. The monoisotopic (exact) mass is 350 g/mol. The Kier molecular flexibility index (Phi) is 6.84. The van der Waals surface area contributed by atoms with E-state index in [0.717, 1.165) is 18.0 Å². The molecule has 1 aromatic heterocycles. The number of hydrogen-bond acceptors (Lipinski definition) is 4. The standard InChI is InChI=1S/C18H30N4O3/c1-18(2,3)25-17(24)19-10-9-16(23)20-15-12-14(21-22-15)11-13-7-5-4-6-8-13/h12-13H,4-11H2,1-3H3,(H,19,24)(H2,20,21,22,23). The summed E-state index contributed by atoms with van der Waals surface area (Å²) in [4.78, 5) is 23.4. The number of nitrogens with one attached hydrogen (secondary N) is 3. The van der Waals surface area contributed by atoms with Gasteiger partial charge in [0.1, 0.15) is 5.60 Å². The third-order valence-corrected chi connectivity index (χ3v) is 4.15. The summed E-state index contributed by atoms with van der Waals surface area (Å²) in [6, 6.07) is 1.90. The van der Waals surface area contributed by atoms with Gasteiger partial charge in [0.15, 0.2) is 5.82 Å². The van der Waals surface area contributed by atoms with E-state index in [-0.39, 0.29) is 18.9 Å². The van der Waals surface area contributed by atoms with Gasteiger partial charge in [0.05, 0.1) is 0 Å². The van der Waals surface area contributed by atoms with Gasteiger partial charge in [0, 0.05) is 24.7 Å². The molecule has 7 heteroatoms. The minimum absolute atomic E-state index is 0.171. The number of alkyl carbamates (subject to hydrolysis) is 1. The maximum absolute atomic E-state index is 11.9. The Morgan fingerprint density at radius 3 is 2.68 bits per heavy atom. The van der Waals surface area contributed by atoms with Crippen molar-refractivity contribution >= 4 is 17.8 Å². The maximum atomic E-state index is 11.9. The van der Waals surface area contributed by atoms with E-state index in [1.54, 1.807) is 20.8 Å². The van der Waals surface area contributed by atoms with Crippen LogP contribution in [-0.4, -0.2) is 34.3 Å². The molecule has 0 unspecified atom stereocenters. The molecule has 0 atom stereocenters. The van der Waals surface area contributed by atoms with E-state index < -0.39 is 11.7 Å². The summed E-state index contributed by atoms with van der Waals surface area (Å²) in [5, 5.41) is 12.5. The van der Waals surface area contributed by atoms with Gasteiger partial charge in [0.25, 0.3) is 0 Å². The maximum Gasteiger partial charge on any atom is 0.407 e. The highest BCUT2D eigenvalue weighted by Crippen LogP contribution is 2.26. The molecule has 1 fully saturated rings. The molecular formula is C18H30N4O3. The van der Waals surface area contributed by atoms with Crippen LogP contribution in [0.2, 0.25) is 0 Å². The zero-order valence-electron chi connectivity index (χ0n) is 15.5. The van der Waals surface area contributed by atoms with Crippen LogP contribution in [0, 0.1) is 5.92 Å². The molecule has 0 bridgehead atoms. The first-order valence-electron chi connectivity index (χ1n) is 9.13. The summed E-state index contributed by atoms with van der Waals surface area (Å²) in [6.07, 6.45) is 7.16. The van der Waals surface area contributed by atoms with E-state index in [1.165, 1.54) is 32.1 Å². The normalized spacial score (nSPS) is 15.6. The average molecular weight is 350 g/mol. The van der Waals surface area contributed by atoms with Gasteiger partial charge in [-0.1, -0.05) is 32.1 Å². The fraction of sp³-hybridized carbons (Fsp3) is 0.722. The highest BCUT2D eigenvalue weighted by Gasteiger charge is 2.17. The second-order valence-electron chi connectivity index (χ2n) is 7.71. The Hall–Kier alpha value is -2.05.